The van der Waals surface area contributed by atoms with Crippen LogP contribution in [0.25, 0.3) is 11.3 Å². The molecule has 0 aliphatic heterocycles. The number of carbonyl (C=O) groups is 1. The van der Waals surface area contributed by atoms with Gasteiger partial charge in [-0.15, -0.1) is 22.7 Å². The number of thiazole rings is 2. The molecule has 3 aromatic heterocycles. The van der Waals surface area contributed by atoms with Crippen molar-refractivity contribution in [2.75, 3.05) is 10.6 Å². The van der Waals surface area contributed by atoms with Gasteiger partial charge in [0.15, 0.2) is 5.13 Å². The second-order valence-electron chi connectivity index (χ2n) is 6.11. The highest BCUT2D eigenvalue weighted by atomic mass is 32.1. The highest BCUT2D eigenvalue weighted by Crippen LogP contribution is 2.25. The summed E-state index contributed by atoms with van der Waals surface area (Å²) in [5.74, 6) is 0.445. The average Bonchev–Trinajstić information content (AvgIpc) is 3.31. The van der Waals surface area contributed by atoms with Crippen molar-refractivity contribution < 1.29 is 4.79 Å². The minimum absolute atomic E-state index is 0.256. The van der Waals surface area contributed by atoms with E-state index in [4.69, 9.17) is 0 Å². The van der Waals surface area contributed by atoms with Crippen LogP contribution in [0.5, 0.6) is 0 Å². The quantitative estimate of drug-likeness (QED) is 0.471. The molecule has 4 rings (SSSR count). The van der Waals surface area contributed by atoms with Crippen LogP contribution >= 0.6 is 22.7 Å². The molecular weight excluding hydrogens is 390 g/mol. The number of nitrogens with one attached hydrogen (secondary N) is 2. The van der Waals surface area contributed by atoms with Crippen molar-refractivity contribution in [2.24, 2.45) is 0 Å². The lowest BCUT2D eigenvalue weighted by Crippen LogP contribution is -2.12. The Bertz CT molecular complexity index is 1130. The fraction of sp³-hybridized carbons (Fsp3) is 0.100. The molecule has 0 radical (unpaired) electrons. The van der Waals surface area contributed by atoms with E-state index in [2.05, 4.69) is 25.6 Å². The van der Waals surface area contributed by atoms with E-state index in [0.29, 0.717) is 22.3 Å². The lowest BCUT2D eigenvalue weighted by atomic mass is 10.1. The van der Waals surface area contributed by atoms with Gasteiger partial charge in [-0.05, 0) is 38.1 Å². The standard InChI is InChI=1S/C20H17N5OS2/c1-12-5-3-8-18(21-12)25-20-24-17(11-28-20)19(26)23-15-7-4-6-14(9-15)16-10-27-13(2)22-16/h3-11H,1-2H3,(H,23,26)(H,21,24,25). The van der Waals surface area contributed by atoms with E-state index in [-0.39, 0.29) is 5.91 Å². The van der Waals surface area contributed by atoms with Crippen molar-refractivity contribution in [1.82, 2.24) is 15.0 Å². The molecule has 8 heteroatoms. The molecule has 0 aliphatic carbocycles. The normalized spacial score (nSPS) is 10.6. The van der Waals surface area contributed by atoms with Gasteiger partial charge in [-0.1, -0.05) is 18.2 Å². The first-order valence-electron chi connectivity index (χ1n) is 8.57. The molecule has 1 aromatic carbocycles. The van der Waals surface area contributed by atoms with Crippen molar-refractivity contribution in [3.63, 3.8) is 0 Å². The van der Waals surface area contributed by atoms with Crippen LogP contribution in [0.4, 0.5) is 16.6 Å². The third-order valence-electron chi connectivity index (χ3n) is 3.90. The number of hydrogen-bond acceptors (Lipinski definition) is 7. The zero-order valence-electron chi connectivity index (χ0n) is 15.3. The van der Waals surface area contributed by atoms with Crippen LogP contribution in [0.2, 0.25) is 0 Å². The van der Waals surface area contributed by atoms with Gasteiger partial charge in [-0.25, -0.2) is 15.0 Å². The summed E-state index contributed by atoms with van der Waals surface area (Å²) in [7, 11) is 0. The van der Waals surface area contributed by atoms with Crippen LogP contribution in [0.1, 0.15) is 21.2 Å². The van der Waals surface area contributed by atoms with Crippen molar-refractivity contribution in [3.8, 4) is 11.3 Å². The minimum atomic E-state index is -0.256. The number of aromatic nitrogens is 3. The fourth-order valence-corrected chi connectivity index (χ4v) is 3.92. The van der Waals surface area contributed by atoms with Crippen LogP contribution in [0, 0.1) is 13.8 Å². The summed E-state index contributed by atoms with van der Waals surface area (Å²) in [6, 6.07) is 13.3. The Kier molecular flexibility index (Phi) is 5.14. The maximum absolute atomic E-state index is 12.6. The minimum Gasteiger partial charge on any atom is -0.321 e. The third-order valence-corrected chi connectivity index (χ3v) is 5.43. The molecule has 0 atom stereocenters. The average molecular weight is 408 g/mol. The second kappa shape index (κ2) is 7.87. The van der Waals surface area contributed by atoms with Crippen molar-refractivity contribution in [3.05, 3.63) is 69.6 Å². The monoisotopic (exact) mass is 407 g/mol. The fourth-order valence-electron chi connectivity index (χ4n) is 2.61. The molecule has 0 unspecified atom stereocenters. The Morgan fingerprint density at radius 2 is 1.82 bits per heavy atom. The first-order valence-corrected chi connectivity index (χ1v) is 10.3. The molecule has 1 amide bonds. The maximum atomic E-state index is 12.6. The third kappa shape index (κ3) is 4.24. The van der Waals surface area contributed by atoms with E-state index in [0.717, 1.165) is 22.0 Å². The lowest BCUT2D eigenvalue weighted by Gasteiger charge is -2.05. The Labute approximate surface area is 170 Å². The molecule has 0 bridgehead atoms. The predicted molar refractivity (Wildman–Crippen MR) is 115 cm³/mol. The van der Waals surface area contributed by atoms with E-state index in [1.165, 1.54) is 11.3 Å². The van der Waals surface area contributed by atoms with E-state index in [1.807, 2.05) is 61.7 Å². The van der Waals surface area contributed by atoms with E-state index < -0.39 is 0 Å². The van der Waals surface area contributed by atoms with Crippen LogP contribution < -0.4 is 10.6 Å². The summed E-state index contributed by atoms with van der Waals surface area (Å²) in [6.07, 6.45) is 0. The number of rotatable bonds is 5. The van der Waals surface area contributed by atoms with E-state index >= 15 is 0 Å². The van der Waals surface area contributed by atoms with Gasteiger partial charge in [0.25, 0.3) is 5.91 Å². The molecule has 28 heavy (non-hydrogen) atoms. The van der Waals surface area contributed by atoms with Crippen LogP contribution in [0.3, 0.4) is 0 Å². The summed E-state index contributed by atoms with van der Waals surface area (Å²) in [6.45, 7) is 3.90. The molecular formula is C20H17N5OS2. The van der Waals surface area contributed by atoms with Crippen molar-refractivity contribution in [2.45, 2.75) is 13.8 Å². The van der Waals surface area contributed by atoms with Gasteiger partial charge < -0.3 is 10.6 Å². The maximum Gasteiger partial charge on any atom is 0.275 e. The molecule has 2 N–H and O–H groups in total. The Hall–Kier alpha value is -3.10. The number of amides is 1. The zero-order valence-corrected chi connectivity index (χ0v) is 16.9. The highest BCUT2D eigenvalue weighted by molar-refractivity contribution is 7.14. The van der Waals surface area contributed by atoms with E-state index in [9.17, 15) is 4.79 Å². The van der Waals surface area contributed by atoms with Crippen LogP contribution in [0.15, 0.2) is 53.2 Å². The smallest absolute Gasteiger partial charge is 0.275 e. The number of pyridine rings is 1. The molecule has 140 valence electrons. The Morgan fingerprint density at radius 1 is 0.964 bits per heavy atom. The lowest BCUT2D eigenvalue weighted by molar-refractivity contribution is 0.102. The molecule has 0 spiro atoms. The second-order valence-corrected chi connectivity index (χ2v) is 8.03. The molecule has 0 aliphatic rings. The van der Waals surface area contributed by atoms with Crippen molar-refractivity contribution >= 4 is 45.2 Å². The van der Waals surface area contributed by atoms with Gasteiger partial charge in [-0.3, -0.25) is 4.79 Å². The SMILES string of the molecule is Cc1cccc(Nc2nc(C(=O)Nc3cccc(-c4csc(C)n4)c3)cs2)n1. The topological polar surface area (TPSA) is 79.8 Å². The molecule has 6 nitrogen and oxygen atoms in total. The zero-order chi connectivity index (χ0) is 19.5. The summed E-state index contributed by atoms with van der Waals surface area (Å²) in [5, 5.41) is 11.4. The van der Waals surface area contributed by atoms with Gasteiger partial charge >= 0.3 is 0 Å². The van der Waals surface area contributed by atoms with Gasteiger partial charge in [0.05, 0.1) is 10.7 Å². The van der Waals surface area contributed by atoms with Gasteiger partial charge in [0.1, 0.15) is 11.5 Å². The number of anilines is 3. The number of aryl methyl sites for hydroxylation is 2. The first-order chi connectivity index (χ1) is 13.6. The Morgan fingerprint density at radius 3 is 2.61 bits per heavy atom. The highest BCUT2D eigenvalue weighted by Gasteiger charge is 2.12. The summed E-state index contributed by atoms with van der Waals surface area (Å²) >= 11 is 2.96. The molecule has 0 saturated carbocycles. The number of benzene rings is 1. The van der Waals surface area contributed by atoms with Crippen LogP contribution in [-0.2, 0) is 0 Å². The molecule has 0 fully saturated rings. The Balaban J connectivity index is 1.46. The first kappa shape index (κ1) is 18.3. The largest absolute Gasteiger partial charge is 0.321 e. The molecule has 0 saturated heterocycles. The van der Waals surface area contributed by atoms with Crippen molar-refractivity contribution in [1.29, 1.82) is 0 Å². The molecule has 4 aromatic rings. The van der Waals surface area contributed by atoms with E-state index in [1.54, 1.807) is 16.7 Å². The number of hydrogen-bond donors (Lipinski definition) is 2. The summed E-state index contributed by atoms with van der Waals surface area (Å²) in [4.78, 5) is 25.8. The molecule has 3 heterocycles. The van der Waals surface area contributed by atoms with Gasteiger partial charge in [-0.2, -0.15) is 0 Å². The summed E-state index contributed by atoms with van der Waals surface area (Å²) < 4.78 is 0. The predicted octanol–water partition coefficient (Wildman–Crippen LogP) is 5.27. The number of carbonyl (C=O) groups excluding carboxylic acids is 1. The van der Waals surface area contributed by atoms with Crippen LogP contribution in [-0.4, -0.2) is 20.9 Å². The van der Waals surface area contributed by atoms with Gasteiger partial charge in [0.2, 0.25) is 0 Å². The number of nitrogens with zero attached hydrogens (tertiary/aromatic N) is 3. The van der Waals surface area contributed by atoms with Gasteiger partial charge in [0, 0.05) is 27.7 Å². The summed E-state index contributed by atoms with van der Waals surface area (Å²) in [5.41, 5.74) is 3.85.